The van der Waals surface area contributed by atoms with Gasteiger partial charge >= 0.3 is 11.9 Å². The van der Waals surface area contributed by atoms with Crippen LogP contribution in [-0.4, -0.2) is 41.7 Å². The quantitative estimate of drug-likeness (QED) is 0.298. The molecule has 3 aliphatic rings. The Balaban J connectivity index is 1.77. The summed E-state index contributed by atoms with van der Waals surface area (Å²) in [5, 5.41) is 0. The minimum Gasteiger partial charge on any atom is -0.422 e. The Kier molecular flexibility index (Phi) is 4.39. The predicted molar refractivity (Wildman–Crippen MR) is 97.7 cm³/mol. The molecule has 8 nitrogen and oxygen atoms in total. The van der Waals surface area contributed by atoms with E-state index in [-0.39, 0.29) is 0 Å². The molecule has 0 spiro atoms. The van der Waals surface area contributed by atoms with E-state index in [1.54, 1.807) is 36.4 Å². The van der Waals surface area contributed by atoms with Gasteiger partial charge in [0.05, 0.1) is 23.6 Å². The Morgan fingerprint density at radius 1 is 1.14 bits per heavy atom. The van der Waals surface area contributed by atoms with Gasteiger partial charge in [0.2, 0.25) is 11.8 Å². The molecule has 0 N–H and O–H groups in total. The Morgan fingerprint density at radius 2 is 1.79 bits per heavy atom. The van der Waals surface area contributed by atoms with Crippen LogP contribution in [0, 0.1) is 11.8 Å². The lowest BCUT2D eigenvalue weighted by molar-refractivity contribution is -0.226. The molecule has 9 heteroatoms. The number of hydrogen-bond donors (Lipinski definition) is 0. The van der Waals surface area contributed by atoms with Crippen LogP contribution in [0.25, 0.3) is 0 Å². The third kappa shape index (κ3) is 2.61. The number of nitrogens with zero attached hydrogens (tertiary/aromatic N) is 1. The van der Waals surface area contributed by atoms with Gasteiger partial charge in [-0.3, -0.25) is 19.2 Å². The summed E-state index contributed by atoms with van der Waals surface area (Å²) in [6.07, 6.45) is 1.03. The van der Waals surface area contributed by atoms with E-state index < -0.39 is 53.6 Å². The lowest BCUT2D eigenvalue weighted by Gasteiger charge is -2.34. The monoisotopic (exact) mass is 449 g/mol. The normalized spacial score (nSPS) is 30.1. The van der Waals surface area contributed by atoms with E-state index in [4.69, 9.17) is 14.2 Å². The summed E-state index contributed by atoms with van der Waals surface area (Å²) >= 11 is 3.36. The van der Waals surface area contributed by atoms with Crippen LogP contribution in [-0.2, 0) is 33.4 Å². The number of esters is 2. The third-order valence-corrected chi connectivity index (χ3v) is 5.76. The summed E-state index contributed by atoms with van der Waals surface area (Å²) in [5.41, 5.74) is -1.13. The van der Waals surface area contributed by atoms with Crippen LogP contribution < -0.4 is 4.90 Å². The number of hydrogen-bond acceptors (Lipinski definition) is 7. The lowest BCUT2D eigenvalue weighted by atomic mass is 9.76. The van der Waals surface area contributed by atoms with Gasteiger partial charge in [0.25, 0.3) is 6.29 Å². The molecule has 3 aliphatic heterocycles. The third-order valence-electron chi connectivity index (χ3n) is 5.09. The number of halogens is 1. The van der Waals surface area contributed by atoms with Crippen molar-refractivity contribution in [1.82, 2.24) is 0 Å². The zero-order valence-corrected chi connectivity index (χ0v) is 16.5. The van der Waals surface area contributed by atoms with Crippen LogP contribution in [0.3, 0.4) is 0 Å². The summed E-state index contributed by atoms with van der Waals surface area (Å²) in [6.45, 7) is 2.31. The molecule has 0 aromatic heterocycles. The summed E-state index contributed by atoms with van der Waals surface area (Å²) in [6, 6.07) is 6.87. The Labute approximate surface area is 168 Å². The maximum Gasteiger partial charge on any atom is 0.305 e. The van der Waals surface area contributed by atoms with Crippen LogP contribution in [0.1, 0.15) is 13.8 Å². The number of ether oxygens (including phenoxy) is 3. The molecule has 1 aromatic rings. The van der Waals surface area contributed by atoms with Crippen LogP contribution in [0.5, 0.6) is 0 Å². The van der Waals surface area contributed by atoms with Gasteiger partial charge < -0.3 is 14.2 Å². The van der Waals surface area contributed by atoms with Crippen molar-refractivity contribution in [3.63, 3.8) is 0 Å². The van der Waals surface area contributed by atoms with Crippen molar-refractivity contribution in [2.24, 2.45) is 11.8 Å². The van der Waals surface area contributed by atoms with Gasteiger partial charge in [-0.1, -0.05) is 18.2 Å². The SMILES string of the molecule is CC(=O)OC(OC(C)=O)[C@@]12C=C[C@H](O1)[C@H]1C(=O)N(c3ccccc3Br)C(=O)[C@@H]12. The first-order valence-corrected chi connectivity index (χ1v) is 9.39. The molecule has 4 atom stereocenters. The number of amides is 2. The van der Waals surface area contributed by atoms with Gasteiger partial charge in [-0.2, -0.15) is 0 Å². The Morgan fingerprint density at radius 3 is 2.39 bits per heavy atom. The van der Waals surface area contributed by atoms with E-state index in [9.17, 15) is 19.2 Å². The summed E-state index contributed by atoms with van der Waals surface area (Å²) in [5.74, 6) is -4.10. The Hall–Kier alpha value is -2.52. The number of imide groups is 1. The first kappa shape index (κ1) is 18.8. The minimum atomic E-state index is -1.55. The van der Waals surface area contributed by atoms with E-state index in [0.29, 0.717) is 10.2 Å². The molecule has 4 rings (SSSR count). The van der Waals surface area contributed by atoms with Crippen LogP contribution in [0.4, 0.5) is 5.69 Å². The number of rotatable bonds is 4. The molecule has 2 saturated heterocycles. The summed E-state index contributed by atoms with van der Waals surface area (Å²) in [4.78, 5) is 50.7. The first-order chi connectivity index (χ1) is 13.3. The van der Waals surface area contributed by atoms with E-state index in [2.05, 4.69) is 15.9 Å². The largest absolute Gasteiger partial charge is 0.422 e. The highest BCUT2D eigenvalue weighted by atomic mass is 79.9. The van der Waals surface area contributed by atoms with Crippen molar-refractivity contribution in [1.29, 1.82) is 0 Å². The zero-order chi connectivity index (χ0) is 20.2. The summed E-state index contributed by atoms with van der Waals surface area (Å²) < 4.78 is 16.8. The Bertz CT molecular complexity index is 913. The molecule has 2 fully saturated rings. The molecule has 0 aliphatic carbocycles. The molecule has 1 aromatic carbocycles. The second kappa shape index (κ2) is 6.52. The van der Waals surface area contributed by atoms with Gasteiger partial charge in [0, 0.05) is 18.3 Å². The van der Waals surface area contributed by atoms with Gasteiger partial charge in [-0.25, -0.2) is 4.90 Å². The van der Waals surface area contributed by atoms with E-state index in [1.165, 1.54) is 0 Å². The molecule has 2 amide bonds. The number of para-hydroxylation sites is 1. The van der Waals surface area contributed by atoms with Crippen molar-refractivity contribution in [3.8, 4) is 0 Å². The fourth-order valence-corrected chi connectivity index (χ4v) is 4.55. The fraction of sp³-hybridized carbons (Fsp3) is 0.368. The predicted octanol–water partition coefficient (Wildman–Crippen LogP) is 1.71. The zero-order valence-electron chi connectivity index (χ0n) is 15.0. The van der Waals surface area contributed by atoms with Crippen LogP contribution in [0.15, 0.2) is 40.9 Å². The average molecular weight is 450 g/mol. The standard InChI is InChI=1S/C19H16BrNO7/c1-9(22)26-18(27-10(2)23)19-8-7-13(28-19)14-15(19)17(25)21(16(14)24)12-6-4-3-5-11(12)20/h3-8,13-15,18H,1-2H3/t13-,14+,15+,19-/m0/s1. The fourth-order valence-electron chi connectivity index (χ4n) is 4.09. The molecule has 0 radical (unpaired) electrons. The molecule has 0 saturated carbocycles. The van der Waals surface area contributed by atoms with Gasteiger partial charge in [-0.15, -0.1) is 0 Å². The number of benzene rings is 1. The molecule has 2 bridgehead atoms. The second-order valence-corrected chi connectivity index (χ2v) is 7.67. The molecule has 0 unspecified atom stereocenters. The van der Waals surface area contributed by atoms with Crippen molar-refractivity contribution in [2.45, 2.75) is 31.8 Å². The topological polar surface area (TPSA) is 99.2 Å². The molecular formula is C19H16BrNO7. The van der Waals surface area contributed by atoms with E-state index in [0.717, 1.165) is 18.7 Å². The lowest BCUT2D eigenvalue weighted by Crippen LogP contribution is -2.52. The second-order valence-electron chi connectivity index (χ2n) is 6.81. The van der Waals surface area contributed by atoms with E-state index >= 15 is 0 Å². The minimum absolute atomic E-state index is 0.414. The average Bonchev–Trinajstić information content (AvgIpc) is 3.26. The van der Waals surface area contributed by atoms with Crippen molar-refractivity contribution in [2.75, 3.05) is 4.90 Å². The van der Waals surface area contributed by atoms with Crippen LogP contribution in [0.2, 0.25) is 0 Å². The van der Waals surface area contributed by atoms with Gasteiger partial charge in [0.1, 0.15) is 0 Å². The van der Waals surface area contributed by atoms with Crippen molar-refractivity contribution in [3.05, 3.63) is 40.9 Å². The maximum atomic E-state index is 13.3. The van der Waals surface area contributed by atoms with E-state index in [1.807, 2.05) is 0 Å². The smallest absolute Gasteiger partial charge is 0.305 e. The maximum absolute atomic E-state index is 13.3. The number of carbonyl (C=O) groups excluding carboxylic acids is 4. The number of fused-ring (bicyclic) bond motifs is 5. The van der Waals surface area contributed by atoms with Crippen molar-refractivity contribution >= 4 is 45.4 Å². The molecule has 3 heterocycles. The summed E-state index contributed by atoms with van der Waals surface area (Å²) in [7, 11) is 0. The number of anilines is 1. The van der Waals surface area contributed by atoms with Crippen LogP contribution >= 0.6 is 15.9 Å². The molecular weight excluding hydrogens is 434 g/mol. The van der Waals surface area contributed by atoms with Crippen molar-refractivity contribution < 1.29 is 33.4 Å². The molecule has 146 valence electrons. The van der Waals surface area contributed by atoms with Gasteiger partial charge in [0.15, 0.2) is 5.60 Å². The number of carbonyl (C=O) groups is 4. The highest BCUT2D eigenvalue weighted by molar-refractivity contribution is 9.10. The molecule has 28 heavy (non-hydrogen) atoms. The highest BCUT2D eigenvalue weighted by Crippen LogP contribution is 2.55. The highest BCUT2D eigenvalue weighted by Gasteiger charge is 2.72. The van der Waals surface area contributed by atoms with Gasteiger partial charge in [-0.05, 0) is 34.1 Å². The first-order valence-electron chi connectivity index (χ1n) is 8.60.